The number of aromatic carboxylic acids is 1. The molecule has 102 valence electrons. The van der Waals surface area contributed by atoms with Crippen LogP contribution in [0.1, 0.15) is 49.0 Å². The van der Waals surface area contributed by atoms with Crippen LogP contribution in [-0.4, -0.2) is 26.1 Å². The van der Waals surface area contributed by atoms with Gasteiger partial charge in [0.25, 0.3) is 0 Å². The lowest BCUT2D eigenvalue weighted by molar-refractivity contribution is -0.0516. The van der Waals surface area contributed by atoms with Crippen LogP contribution in [0.25, 0.3) is 0 Å². The first-order valence-electron chi connectivity index (χ1n) is 7.02. The van der Waals surface area contributed by atoms with E-state index >= 15 is 0 Å². The Morgan fingerprint density at radius 2 is 1.74 bits per heavy atom. The molecule has 0 aromatic carbocycles. The molecule has 0 unspecified atom stereocenters. The topological polar surface area (TPSA) is 94.0 Å². The molecule has 6 heteroatoms. The second-order valence-corrected chi connectivity index (χ2v) is 6.68. The maximum atomic E-state index is 11.4. The first kappa shape index (κ1) is 11.3. The second kappa shape index (κ2) is 3.49. The Morgan fingerprint density at radius 1 is 1.21 bits per heavy atom. The molecule has 4 bridgehead atoms. The Hall–Kier alpha value is -1.59. The zero-order valence-corrected chi connectivity index (χ0v) is 10.7. The Morgan fingerprint density at radius 3 is 2.21 bits per heavy atom. The summed E-state index contributed by atoms with van der Waals surface area (Å²) >= 11 is 0. The number of nitrogen functional groups attached to an aromatic ring is 1. The molecule has 4 saturated carbocycles. The van der Waals surface area contributed by atoms with Crippen LogP contribution in [0.3, 0.4) is 0 Å². The summed E-state index contributed by atoms with van der Waals surface area (Å²) in [5, 5.41) is 17.2. The first-order chi connectivity index (χ1) is 9.07. The average molecular weight is 262 g/mol. The highest BCUT2D eigenvalue weighted by molar-refractivity contribution is 5.90. The number of carbonyl (C=O) groups is 1. The third-order valence-electron chi connectivity index (χ3n) is 5.35. The fraction of sp³-hybridized carbons (Fsp3) is 0.769. The van der Waals surface area contributed by atoms with Gasteiger partial charge in [-0.15, -0.1) is 5.10 Å². The summed E-state index contributed by atoms with van der Waals surface area (Å²) in [5.41, 5.74) is 5.64. The number of hydrogen-bond acceptors (Lipinski definition) is 4. The van der Waals surface area contributed by atoms with E-state index in [1.54, 1.807) is 4.68 Å². The van der Waals surface area contributed by atoms with Crippen LogP contribution in [0.5, 0.6) is 0 Å². The van der Waals surface area contributed by atoms with Gasteiger partial charge in [-0.2, -0.15) is 0 Å². The Balaban J connectivity index is 1.82. The molecule has 4 aliphatic rings. The van der Waals surface area contributed by atoms with Crippen molar-refractivity contribution >= 4 is 11.8 Å². The average Bonchev–Trinajstić information content (AvgIpc) is 2.70. The number of rotatable bonds is 2. The molecule has 1 aromatic heterocycles. The molecule has 19 heavy (non-hydrogen) atoms. The molecule has 0 atom stereocenters. The molecular formula is C13H18N4O2. The van der Waals surface area contributed by atoms with Gasteiger partial charge >= 0.3 is 5.97 Å². The standard InChI is InChI=1S/C13H18N4O2/c14-11-10(12(18)19)17(16-15-11)13-4-7-1-8(5-13)3-9(2-7)6-13/h7-9H,1-6,14H2,(H,18,19). The fourth-order valence-corrected chi connectivity index (χ4v) is 5.15. The van der Waals surface area contributed by atoms with Crippen LogP contribution < -0.4 is 5.73 Å². The first-order valence-corrected chi connectivity index (χ1v) is 7.02. The monoisotopic (exact) mass is 262 g/mol. The van der Waals surface area contributed by atoms with Crippen LogP contribution in [-0.2, 0) is 5.54 Å². The van der Waals surface area contributed by atoms with Crippen LogP contribution in [0, 0.1) is 17.8 Å². The lowest BCUT2D eigenvalue weighted by Crippen LogP contribution is -2.53. The molecule has 4 aliphatic carbocycles. The highest BCUT2D eigenvalue weighted by Crippen LogP contribution is 2.58. The van der Waals surface area contributed by atoms with E-state index in [2.05, 4.69) is 10.3 Å². The number of carboxylic acids is 1. The van der Waals surface area contributed by atoms with Gasteiger partial charge in [-0.3, -0.25) is 0 Å². The third kappa shape index (κ3) is 1.45. The van der Waals surface area contributed by atoms with Crippen molar-refractivity contribution in [3.05, 3.63) is 5.69 Å². The van der Waals surface area contributed by atoms with E-state index < -0.39 is 5.97 Å². The second-order valence-electron chi connectivity index (χ2n) is 6.68. The van der Waals surface area contributed by atoms with E-state index in [1.807, 2.05) is 0 Å². The van der Waals surface area contributed by atoms with Gasteiger partial charge in [-0.1, -0.05) is 5.21 Å². The minimum absolute atomic E-state index is 0.0447. The van der Waals surface area contributed by atoms with E-state index in [0.717, 1.165) is 37.0 Å². The van der Waals surface area contributed by atoms with Crippen molar-refractivity contribution < 1.29 is 9.90 Å². The van der Waals surface area contributed by atoms with Gasteiger partial charge in [-0.25, -0.2) is 9.48 Å². The van der Waals surface area contributed by atoms with Gasteiger partial charge < -0.3 is 10.8 Å². The van der Waals surface area contributed by atoms with E-state index in [9.17, 15) is 9.90 Å². The zero-order chi connectivity index (χ0) is 13.2. The molecular weight excluding hydrogens is 244 g/mol. The van der Waals surface area contributed by atoms with E-state index in [1.165, 1.54) is 19.3 Å². The molecule has 3 N–H and O–H groups in total. The zero-order valence-electron chi connectivity index (χ0n) is 10.7. The maximum absolute atomic E-state index is 11.4. The van der Waals surface area contributed by atoms with Crippen molar-refractivity contribution in [1.29, 1.82) is 0 Å². The van der Waals surface area contributed by atoms with E-state index in [0.29, 0.717) is 0 Å². The van der Waals surface area contributed by atoms with Crippen LogP contribution in [0.2, 0.25) is 0 Å². The largest absolute Gasteiger partial charge is 0.476 e. The summed E-state index contributed by atoms with van der Waals surface area (Å²) in [6.45, 7) is 0. The van der Waals surface area contributed by atoms with E-state index in [-0.39, 0.29) is 17.1 Å². The highest BCUT2D eigenvalue weighted by atomic mass is 16.4. The van der Waals surface area contributed by atoms with Crippen molar-refractivity contribution in [3.63, 3.8) is 0 Å². The molecule has 0 radical (unpaired) electrons. The predicted molar refractivity (Wildman–Crippen MR) is 67.5 cm³/mol. The molecule has 0 amide bonds. The lowest BCUT2D eigenvalue weighted by Gasteiger charge is -2.56. The highest BCUT2D eigenvalue weighted by Gasteiger charge is 2.53. The summed E-state index contributed by atoms with van der Waals surface area (Å²) < 4.78 is 1.65. The Bertz CT molecular complexity index is 516. The molecule has 0 aliphatic heterocycles. The number of carboxylic acid groups (broad SMARTS) is 1. The number of hydrogen-bond donors (Lipinski definition) is 2. The fourth-order valence-electron chi connectivity index (χ4n) is 5.15. The van der Waals surface area contributed by atoms with Gasteiger partial charge in [0.15, 0.2) is 11.5 Å². The van der Waals surface area contributed by atoms with Crippen LogP contribution in [0.15, 0.2) is 0 Å². The summed E-state index contributed by atoms with van der Waals surface area (Å²) in [7, 11) is 0. The molecule has 6 nitrogen and oxygen atoms in total. The van der Waals surface area contributed by atoms with Gasteiger partial charge in [0, 0.05) is 0 Å². The number of anilines is 1. The lowest BCUT2D eigenvalue weighted by atomic mass is 9.53. The van der Waals surface area contributed by atoms with Crippen molar-refractivity contribution in [2.24, 2.45) is 17.8 Å². The normalized spacial score (nSPS) is 39.7. The Kier molecular flexibility index (Phi) is 2.07. The van der Waals surface area contributed by atoms with Gasteiger partial charge in [0.05, 0.1) is 5.54 Å². The molecule has 1 aromatic rings. The molecule has 1 heterocycles. The third-order valence-corrected chi connectivity index (χ3v) is 5.35. The summed E-state index contributed by atoms with van der Waals surface area (Å²) in [6, 6.07) is 0. The van der Waals surface area contributed by atoms with Gasteiger partial charge in [0.2, 0.25) is 0 Å². The predicted octanol–water partition coefficient (Wildman–Crippen LogP) is 1.48. The minimum atomic E-state index is -1.02. The number of aromatic nitrogens is 3. The summed E-state index contributed by atoms with van der Waals surface area (Å²) in [6.07, 6.45) is 7.07. The van der Waals surface area contributed by atoms with Crippen molar-refractivity contribution in [3.8, 4) is 0 Å². The minimum Gasteiger partial charge on any atom is -0.476 e. The van der Waals surface area contributed by atoms with Gasteiger partial charge in [0.1, 0.15) is 0 Å². The number of nitrogens with zero attached hydrogens (tertiary/aromatic N) is 3. The number of nitrogens with two attached hydrogens (primary N) is 1. The van der Waals surface area contributed by atoms with E-state index in [4.69, 9.17) is 5.73 Å². The molecule has 5 rings (SSSR count). The van der Waals surface area contributed by atoms with Crippen molar-refractivity contribution in [1.82, 2.24) is 15.0 Å². The molecule has 0 spiro atoms. The quantitative estimate of drug-likeness (QED) is 0.842. The Labute approximate surface area is 111 Å². The summed E-state index contributed by atoms with van der Waals surface area (Å²) in [5.74, 6) is 1.23. The summed E-state index contributed by atoms with van der Waals surface area (Å²) in [4.78, 5) is 11.4. The van der Waals surface area contributed by atoms with Crippen LogP contribution in [0.4, 0.5) is 5.82 Å². The van der Waals surface area contributed by atoms with Crippen LogP contribution >= 0.6 is 0 Å². The maximum Gasteiger partial charge on any atom is 0.358 e. The molecule has 4 fully saturated rings. The van der Waals surface area contributed by atoms with Crippen molar-refractivity contribution in [2.75, 3.05) is 5.73 Å². The SMILES string of the molecule is Nc1nnn(C23CC4CC(CC(C4)C2)C3)c1C(=O)O. The molecule has 0 saturated heterocycles. The smallest absolute Gasteiger partial charge is 0.358 e. The van der Waals surface area contributed by atoms with Gasteiger partial charge in [-0.05, 0) is 56.3 Å². The van der Waals surface area contributed by atoms with Crippen molar-refractivity contribution in [2.45, 2.75) is 44.1 Å².